The maximum atomic E-state index is 8.91. The van der Waals surface area contributed by atoms with Crippen LogP contribution in [0.25, 0.3) is 0 Å². The van der Waals surface area contributed by atoms with Crippen LogP contribution in [0, 0.1) is 0 Å². The molecule has 3 heteroatoms. The summed E-state index contributed by atoms with van der Waals surface area (Å²) in [6.07, 6.45) is 0. The Morgan fingerprint density at radius 2 is 2.27 bits per heavy atom. The summed E-state index contributed by atoms with van der Waals surface area (Å²) in [5.74, 6) is 0. The Morgan fingerprint density at radius 1 is 1.55 bits per heavy atom. The van der Waals surface area contributed by atoms with E-state index in [-0.39, 0.29) is 6.61 Å². The van der Waals surface area contributed by atoms with Crippen molar-refractivity contribution in [3.8, 4) is 0 Å². The highest BCUT2D eigenvalue weighted by atomic mass is 32.1. The molecule has 0 amide bonds. The highest BCUT2D eigenvalue weighted by Gasteiger charge is 2.02. The molecule has 0 aliphatic rings. The number of aliphatic hydroxyl groups excluding tert-OH is 1. The summed E-state index contributed by atoms with van der Waals surface area (Å²) in [7, 11) is 4.05. The maximum Gasteiger partial charge on any atom is 0.0777 e. The van der Waals surface area contributed by atoms with Gasteiger partial charge in [-0.15, -0.1) is 11.3 Å². The molecule has 0 spiro atoms. The van der Waals surface area contributed by atoms with Gasteiger partial charge in [-0.1, -0.05) is 0 Å². The van der Waals surface area contributed by atoms with Crippen LogP contribution in [0.3, 0.4) is 0 Å². The fraction of sp³-hybridized carbons (Fsp3) is 0.500. The first-order valence-corrected chi connectivity index (χ1v) is 4.43. The molecule has 0 radical (unpaired) electrons. The van der Waals surface area contributed by atoms with Gasteiger partial charge in [-0.25, -0.2) is 0 Å². The van der Waals surface area contributed by atoms with Gasteiger partial charge in [-0.3, -0.25) is 0 Å². The zero-order valence-corrected chi connectivity index (χ0v) is 7.69. The second-order valence-corrected chi connectivity index (χ2v) is 3.77. The summed E-state index contributed by atoms with van der Waals surface area (Å²) in [6.45, 7) is 1.08. The third kappa shape index (κ3) is 2.29. The topological polar surface area (TPSA) is 23.5 Å². The minimum atomic E-state index is 0.167. The largest absolute Gasteiger partial charge is 0.391 e. The SMILES string of the molecule is CN(C)Cc1ccsc1CO. The second kappa shape index (κ2) is 3.85. The number of rotatable bonds is 3. The Hall–Kier alpha value is -0.380. The third-order valence-electron chi connectivity index (χ3n) is 1.47. The Morgan fingerprint density at radius 3 is 2.82 bits per heavy atom. The molecule has 0 aliphatic carbocycles. The fourth-order valence-electron chi connectivity index (χ4n) is 0.987. The number of thiophene rings is 1. The number of hydrogen-bond acceptors (Lipinski definition) is 3. The monoisotopic (exact) mass is 171 g/mol. The highest BCUT2D eigenvalue weighted by molar-refractivity contribution is 7.10. The average molecular weight is 171 g/mol. The zero-order chi connectivity index (χ0) is 8.27. The molecule has 0 bridgehead atoms. The second-order valence-electron chi connectivity index (χ2n) is 2.76. The van der Waals surface area contributed by atoms with Gasteiger partial charge in [-0.05, 0) is 31.1 Å². The van der Waals surface area contributed by atoms with E-state index in [4.69, 9.17) is 5.11 Å². The van der Waals surface area contributed by atoms with Gasteiger partial charge in [0.2, 0.25) is 0 Å². The molecule has 0 saturated carbocycles. The van der Waals surface area contributed by atoms with E-state index in [2.05, 4.69) is 11.0 Å². The number of hydrogen-bond donors (Lipinski definition) is 1. The van der Waals surface area contributed by atoms with E-state index >= 15 is 0 Å². The van der Waals surface area contributed by atoms with Gasteiger partial charge < -0.3 is 10.0 Å². The average Bonchev–Trinajstić information content (AvgIpc) is 2.34. The molecule has 2 nitrogen and oxygen atoms in total. The van der Waals surface area contributed by atoms with E-state index in [1.165, 1.54) is 5.56 Å². The van der Waals surface area contributed by atoms with Crippen molar-refractivity contribution in [2.75, 3.05) is 14.1 Å². The van der Waals surface area contributed by atoms with E-state index in [0.717, 1.165) is 11.4 Å². The summed E-state index contributed by atoms with van der Waals surface area (Å²) in [5.41, 5.74) is 1.24. The molecule has 0 atom stereocenters. The van der Waals surface area contributed by atoms with Crippen molar-refractivity contribution in [3.63, 3.8) is 0 Å². The molecule has 62 valence electrons. The minimum absolute atomic E-state index is 0.167. The van der Waals surface area contributed by atoms with Crippen LogP contribution in [-0.2, 0) is 13.2 Å². The molecule has 1 heterocycles. The lowest BCUT2D eigenvalue weighted by Crippen LogP contribution is -2.11. The van der Waals surface area contributed by atoms with Crippen LogP contribution in [0.4, 0.5) is 0 Å². The van der Waals surface area contributed by atoms with Gasteiger partial charge in [0.15, 0.2) is 0 Å². The van der Waals surface area contributed by atoms with Crippen LogP contribution < -0.4 is 0 Å². The van der Waals surface area contributed by atoms with Crippen LogP contribution >= 0.6 is 11.3 Å². The lowest BCUT2D eigenvalue weighted by Gasteiger charge is -2.08. The lowest BCUT2D eigenvalue weighted by atomic mass is 10.2. The first kappa shape index (κ1) is 8.71. The molecular formula is C8H13NOS. The minimum Gasteiger partial charge on any atom is -0.391 e. The van der Waals surface area contributed by atoms with Crippen molar-refractivity contribution in [3.05, 3.63) is 21.9 Å². The smallest absolute Gasteiger partial charge is 0.0777 e. The van der Waals surface area contributed by atoms with Crippen LogP contribution in [0.15, 0.2) is 11.4 Å². The van der Waals surface area contributed by atoms with Gasteiger partial charge in [0.05, 0.1) is 6.61 Å². The summed E-state index contributed by atoms with van der Waals surface area (Å²) in [5, 5.41) is 10.9. The van der Waals surface area contributed by atoms with E-state index in [1.54, 1.807) is 11.3 Å². The van der Waals surface area contributed by atoms with Gasteiger partial charge in [0.1, 0.15) is 0 Å². The maximum absolute atomic E-state index is 8.91. The fourth-order valence-corrected chi connectivity index (χ4v) is 1.74. The lowest BCUT2D eigenvalue weighted by molar-refractivity contribution is 0.282. The van der Waals surface area contributed by atoms with E-state index in [9.17, 15) is 0 Å². The van der Waals surface area contributed by atoms with Crippen molar-refractivity contribution >= 4 is 11.3 Å². The third-order valence-corrected chi connectivity index (χ3v) is 2.42. The van der Waals surface area contributed by atoms with Crippen molar-refractivity contribution in [2.45, 2.75) is 13.2 Å². The number of aliphatic hydroxyl groups is 1. The molecule has 0 unspecified atom stereocenters. The van der Waals surface area contributed by atoms with Crippen LogP contribution in [0.1, 0.15) is 10.4 Å². The quantitative estimate of drug-likeness (QED) is 0.741. The molecule has 0 aromatic carbocycles. The Labute approximate surface area is 71.1 Å². The molecule has 0 aliphatic heterocycles. The molecular weight excluding hydrogens is 158 g/mol. The van der Waals surface area contributed by atoms with Crippen molar-refractivity contribution < 1.29 is 5.11 Å². The van der Waals surface area contributed by atoms with E-state index < -0.39 is 0 Å². The van der Waals surface area contributed by atoms with Gasteiger partial charge in [0.25, 0.3) is 0 Å². The standard InChI is InChI=1S/C8H13NOS/c1-9(2)5-7-3-4-11-8(7)6-10/h3-4,10H,5-6H2,1-2H3. The first-order valence-electron chi connectivity index (χ1n) is 3.55. The van der Waals surface area contributed by atoms with Gasteiger partial charge in [0, 0.05) is 11.4 Å². The van der Waals surface area contributed by atoms with Crippen molar-refractivity contribution in [2.24, 2.45) is 0 Å². The van der Waals surface area contributed by atoms with Crippen LogP contribution in [-0.4, -0.2) is 24.1 Å². The Bertz CT molecular complexity index is 220. The number of nitrogens with zero attached hydrogens (tertiary/aromatic N) is 1. The van der Waals surface area contributed by atoms with Gasteiger partial charge >= 0.3 is 0 Å². The van der Waals surface area contributed by atoms with Crippen LogP contribution in [0.5, 0.6) is 0 Å². The Kier molecular flexibility index (Phi) is 3.05. The van der Waals surface area contributed by atoms with E-state index in [1.807, 2.05) is 19.5 Å². The molecule has 1 rings (SSSR count). The first-order chi connectivity index (χ1) is 5.24. The summed E-state index contributed by atoms with van der Waals surface area (Å²) in [6, 6.07) is 2.07. The van der Waals surface area contributed by atoms with Crippen LogP contribution in [0.2, 0.25) is 0 Å². The molecule has 11 heavy (non-hydrogen) atoms. The summed E-state index contributed by atoms with van der Waals surface area (Å²) < 4.78 is 0. The normalized spacial score (nSPS) is 10.9. The molecule has 1 N–H and O–H groups in total. The Balaban J connectivity index is 2.68. The van der Waals surface area contributed by atoms with Crippen molar-refractivity contribution in [1.82, 2.24) is 4.90 Å². The molecule has 1 aromatic rings. The predicted molar refractivity (Wildman–Crippen MR) is 47.6 cm³/mol. The molecule has 0 saturated heterocycles. The van der Waals surface area contributed by atoms with E-state index in [0.29, 0.717) is 0 Å². The predicted octanol–water partition coefficient (Wildman–Crippen LogP) is 1.30. The highest BCUT2D eigenvalue weighted by Crippen LogP contribution is 2.17. The van der Waals surface area contributed by atoms with Crippen molar-refractivity contribution in [1.29, 1.82) is 0 Å². The zero-order valence-electron chi connectivity index (χ0n) is 6.87. The van der Waals surface area contributed by atoms with Gasteiger partial charge in [-0.2, -0.15) is 0 Å². The molecule has 0 fully saturated rings. The summed E-state index contributed by atoms with van der Waals surface area (Å²) in [4.78, 5) is 3.18. The molecule has 1 aromatic heterocycles. The summed E-state index contributed by atoms with van der Waals surface area (Å²) >= 11 is 1.61.